The molecule has 1 aliphatic rings. The Morgan fingerprint density at radius 2 is 2.00 bits per heavy atom. The molecule has 1 aromatic heterocycles. The molecule has 7 heteroatoms. The van der Waals surface area contributed by atoms with Gasteiger partial charge in [0.1, 0.15) is 0 Å². The Hall–Kier alpha value is -0.820. The molecule has 0 radical (unpaired) electrons. The molecule has 1 atom stereocenters. The van der Waals surface area contributed by atoms with Crippen molar-refractivity contribution in [3.05, 3.63) is 0 Å². The molecule has 1 amide bonds. The summed E-state index contributed by atoms with van der Waals surface area (Å²) in [6.45, 7) is 3.71. The summed E-state index contributed by atoms with van der Waals surface area (Å²) in [4.78, 5) is 14.3. The average molecular weight is 286 g/mol. The van der Waals surface area contributed by atoms with Crippen LogP contribution in [0.15, 0.2) is 4.34 Å². The Morgan fingerprint density at radius 1 is 1.33 bits per heavy atom. The van der Waals surface area contributed by atoms with Crippen LogP contribution in [0.4, 0.5) is 5.13 Å². The summed E-state index contributed by atoms with van der Waals surface area (Å²) in [5.74, 6) is 0.204. The predicted octanol–water partition coefficient (Wildman–Crippen LogP) is 2.00. The Bertz CT molecular complexity index is 402. The highest BCUT2D eigenvalue weighted by Crippen LogP contribution is 2.28. The van der Waals surface area contributed by atoms with Crippen molar-refractivity contribution in [3.63, 3.8) is 0 Å². The normalized spacial score (nSPS) is 18.4. The van der Waals surface area contributed by atoms with Gasteiger partial charge in [0.15, 0.2) is 4.34 Å². The van der Waals surface area contributed by atoms with Gasteiger partial charge in [0.25, 0.3) is 0 Å². The summed E-state index contributed by atoms with van der Waals surface area (Å²) in [5, 5.41) is 8.03. The number of thioether (sulfide) groups is 1. The lowest BCUT2D eigenvalue weighted by Crippen LogP contribution is -2.37. The lowest BCUT2D eigenvalue weighted by molar-refractivity contribution is -0.130. The minimum atomic E-state index is -0.115. The molecule has 2 rings (SSSR count). The second kappa shape index (κ2) is 6.38. The Balaban J connectivity index is 1.91. The number of nitrogen functional groups attached to an aromatic ring is 1. The van der Waals surface area contributed by atoms with E-state index in [9.17, 15) is 4.79 Å². The Kier molecular flexibility index (Phi) is 4.82. The van der Waals surface area contributed by atoms with Crippen LogP contribution in [0.25, 0.3) is 0 Å². The van der Waals surface area contributed by atoms with E-state index in [0.717, 1.165) is 30.3 Å². The Morgan fingerprint density at radius 3 is 2.56 bits per heavy atom. The number of nitrogens with two attached hydrogens (primary N) is 1. The maximum absolute atomic E-state index is 12.3. The van der Waals surface area contributed by atoms with E-state index in [2.05, 4.69) is 10.2 Å². The van der Waals surface area contributed by atoms with Gasteiger partial charge in [0, 0.05) is 13.1 Å². The summed E-state index contributed by atoms with van der Waals surface area (Å²) in [7, 11) is 0. The summed E-state index contributed by atoms with van der Waals surface area (Å²) in [6.07, 6.45) is 4.71. The highest BCUT2D eigenvalue weighted by molar-refractivity contribution is 8.02. The highest BCUT2D eigenvalue weighted by atomic mass is 32.2. The third-order valence-electron chi connectivity index (χ3n) is 2.97. The number of aromatic nitrogens is 2. The van der Waals surface area contributed by atoms with E-state index in [0.29, 0.717) is 5.13 Å². The first-order valence-corrected chi connectivity index (χ1v) is 7.91. The minimum Gasteiger partial charge on any atom is -0.374 e. The fraction of sp³-hybridized carbons (Fsp3) is 0.727. The van der Waals surface area contributed by atoms with E-state index in [4.69, 9.17) is 5.73 Å². The molecule has 1 aliphatic heterocycles. The van der Waals surface area contributed by atoms with E-state index in [-0.39, 0.29) is 11.2 Å². The third kappa shape index (κ3) is 3.58. The van der Waals surface area contributed by atoms with E-state index in [1.54, 1.807) is 0 Å². The number of amides is 1. The molecule has 0 unspecified atom stereocenters. The first-order valence-electron chi connectivity index (χ1n) is 6.21. The van der Waals surface area contributed by atoms with Crippen molar-refractivity contribution in [2.75, 3.05) is 18.8 Å². The molecule has 5 nitrogen and oxygen atoms in total. The molecule has 0 aliphatic carbocycles. The van der Waals surface area contributed by atoms with Gasteiger partial charge in [-0.3, -0.25) is 4.79 Å². The van der Waals surface area contributed by atoms with Crippen molar-refractivity contribution in [2.24, 2.45) is 0 Å². The SMILES string of the molecule is C[C@H](Sc1nnc(N)s1)C(=O)N1CCCCCC1. The molecular weight excluding hydrogens is 268 g/mol. The summed E-state index contributed by atoms with van der Waals surface area (Å²) in [5.41, 5.74) is 5.53. The second-order valence-electron chi connectivity index (χ2n) is 4.41. The minimum absolute atomic E-state index is 0.115. The molecule has 18 heavy (non-hydrogen) atoms. The van der Waals surface area contributed by atoms with E-state index in [1.165, 1.54) is 35.9 Å². The van der Waals surface area contributed by atoms with E-state index < -0.39 is 0 Å². The number of rotatable bonds is 3. The number of likely N-dealkylation sites (tertiary alicyclic amines) is 1. The monoisotopic (exact) mass is 286 g/mol. The van der Waals surface area contributed by atoms with Gasteiger partial charge in [-0.1, -0.05) is 35.9 Å². The van der Waals surface area contributed by atoms with E-state index >= 15 is 0 Å². The average Bonchev–Trinajstić information content (AvgIpc) is 2.62. The maximum atomic E-state index is 12.3. The fourth-order valence-corrected chi connectivity index (χ4v) is 3.88. The quantitative estimate of drug-likeness (QED) is 0.860. The molecule has 0 aromatic carbocycles. The van der Waals surface area contributed by atoms with Gasteiger partial charge >= 0.3 is 0 Å². The van der Waals surface area contributed by atoms with Crippen LogP contribution in [-0.4, -0.2) is 39.3 Å². The summed E-state index contributed by atoms with van der Waals surface area (Å²) < 4.78 is 0.767. The zero-order chi connectivity index (χ0) is 13.0. The van der Waals surface area contributed by atoms with Gasteiger partial charge in [-0.2, -0.15) is 0 Å². The van der Waals surface area contributed by atoms with Crippen LogP contribution >= 0.6 is 23.1 Å². The van der Waals surface area contributed by atoms with Crippen LogP contribution in [0.5, 0.6) is 0 Å². The number of hydrogen-bond acceptors (Lipinski definition) is 6. The van der Waals surface area contributed by atoms with Gasteiger partial charge in [-0.15, -0.1) is 10.2 Å². The van der Waals surface area contributed by atoms with Crippen molar-refractivity contribution in [2.45, 2.75) is 42.2 Å². The highest BCUT2D eigenvalue weighted by Gasteiger charge is 2.23. The molecule has 0 saturated carbocycles. The van der Waals surface area contributed by atoms with Crippen molar-refractivity contribution in [3.8, 4) is 0 Å². The first-order chi connectivity index (χ1) is 8.66. The van der Waals surface area contributed by atoms with Crippen LogP contribution in [0.1, 0.15) is 32.6 Å². The van der Waals surface area contributed by atoms with Crippen molar-refractivity contribution < 1.29 is 4.79 Å². The molecule has 2 N–H and O–H groups in total. The third-order valence-corrected chi connectivity index (χ3v) is 4.89. The first kappa shape index (κ1) is 13.6. The standard InChI is InChI=1S/C11H18N4OS2/c1-8(17-11-14-13-10(12)18-11)9(16)15-6-4-2-3-5-7-15/h8H,2-7H2,1H3,(H2,12,13)/t8-/m0/s1. The van der Waals surface area contributed by atoms with Crippen molar-refractivity contribution >= 4 is 34.1 Å². The van der Waals surface area contributed by atoms with Gasteiger partial charge in [0.05, 0.1) is 5.25 Å². The number of carbonyl (C=O) groups excluding carboxylic acids is 1. The van der Waals surface area contributed by atoms with Crippen LogP contribution in [0, 0.1) is 0 Å². The topological polar surface area (TPSA) is 72.1 Å². The van der Waals surface area contributed by atoms with Crippen LogP contribution in [0.3, 0.4) is 0 Å². The van der Waals surface area contributed by atoms with Crippen LogP contribution < -0.4 is 5.73 Å². The van der Waals surface area contributed by atoms with Gasteiger partial charge in [0.2, 0.25) is 11.0 Å². The van der Waals surface area contributed by atoms with Crippen LogP contribution in [0.2, 0.25) is 0 Å². The predicted molar refractivity (Wildman–Crippen MR) is 74.7 cm³/mol. The number of carbonyl (C=O) groups is 1. The zero-order valence-corrected chi connectivity index (χ0v) is 12.1. The Labute approximate surface area is 115 Å². The van der Waals surface area contributed by atoms with Crippen molar-refractivity contribution in [1.82, 2.24) is 15.1 Å². The van der Waals surface area contributed by atoms with Crippen molar-refractivity contribution in [1.29, 1.82) is 0 Å². The molecule has 0 bridgehead atoms. The van der Waals surface area contributed by atoms with Gasteiger partial charge in [-0.25, -0.2) is 0 Å². The molecule has 100 valence electrons. The molecule has 2 heterocycles. The molecular formula is C11H18N4OS2. The smallest absolute Gasteiger partial charge is 0.235 e. The largest absolute Gasteiger partial charge is 0.374 e. The lowest BCUT2D eigenvalue weighted by Gasteiger charge is -2.23. The van der Waals surface area contributed by atoms with Crippen LogP contribution in [-0.2, 0) is 4.79 Å². The second-order valence-corrected chi connectivity index (χ2v) is 7.00. The van der Waals surface area contributed by atoms with Gasteiger partial charge < -0.3 is 10.6 Å². The number of nitrogens with zero attached hydrogens (tertiary/aromatic N) is 3. The fourth-order valence-electron chi connectivity index (χ4n) is 2.02. The zero-order valence-electron chi connectivity index (χ0n) is 10.5. The summed E-state index contributed by atoms with van der Waals surface area (Å²) in [6, 6.07) is 0. The number of anilines is 1. The summed E-state index contributed by atoms with van der Waals surface area (Å²) >= 11 is 2.78. The molecule has 1 aromatic rings. The maximum Gasteiger partial charge on any atom is 0.235 e. The molecule has 0 spiro atoms. The van der Waals surface area contributed by atoms with E-state index in [1.807, 2.05) is 11.8 Å². The molecule has 1 fully saturated rings. The lowest BCUT2D eigenvalue weighted by atomic mass is 10.2. The number of hydrogen-bond donors (Lipinski definition) is 1. The van der Waals surface area contributed by atoms with Gasteiger partial charge in [-0.05, 0) is 19.8 Å². The molecule has 1 saturated heterocycles.